The van der Waals surface area contributed by atoms with Gasteiger partial charge < -0.3 is 14.6 Å². The highest BCUT2D eigenvalue weighted by atomic mass is 16.3. The van der Waals surface area contributed by atoms with Crippen molar-refractivity contribution in [2.75, 3.05) is 18.5 Å². The van der Waals surface area contributed by atoms with Crippen LogP contribution in [0.3, 0.4) is 0 Å². The molecule has 0 aromatic carbocycles. The predicted molar refractivity (Wildman–Crippen MR) is 80.9 cm³/mol. The van der Waals surface area contributed by atoms with Crippen LogP contribution in [0.1, 0.15) is 29.7 Å². The van der Waals surface area contributed by atoms with Crippen molar-refractivity contribution < 1.29 is 4.42 Å². The Balaban J connectivity index is 2.21. The van der Waals surface area contributed by atoms with E-state index in [-0.39, 0.29) is 0 Å². The van der Waals surface area contributed by atoms with Crippen molar-refractivity contribution in [2.24, 2.45) is 7.05 Å². The Morgan fingerprint density at radius 1 is 1.35 bits per heavy atom. The second-order valence-electron chi connectivity index (χ2n) is 5.16. The molecule has 1 N–H and O–H groups in total. The number of aryl methyl sites for hydroxylation is 3. The summed E-state index contributed by atoms with van der Waals surface area (Å²) in [6, 6.07) is 4.02. The zero-order chi connectivity index (χ0) is 14.7. The van der Waals surface area contributed by atoms with Gasteiger partial charge in [0, 0.05) is 26.2 Å². The van der Waals surface area contributed by atoms with E-state index >= 15 is 0 Å². The van der Waals surface area contributed by atoms with Gasteiger partial charge in [-0.25, -0.2) is 0 Å². The molecule has 0 radical (unpaired) electrons. The first kappa shape index (κ1) is 14.7. The number of hydrogen-bond acceptors (Lipinski definition) is 4. The number of nitrogens with one attached hydrogen (secondary N) is 1. The molecular weight excluding hydrogens is 252 g/mol. The van der Waals surface area contributed by atoms with Gasteiger partial charge in [0.25, 0.3) is 0 Å². The molecule has 2 aromatic rings. The summed E-state index contributed by atoms with van der Waals surface area (Å²) in [5.41, 5.74) is 2.33. The molecule has 0 saturated carbocycles. The fourth-order valence-corrected chi connectivity index (χ4v) is 2.50. The highest BCUT2D eigenvalue weighted by Gasteiger charge is 2.17. The number of rotatable bonds is 6. The predicted octanol–water partition coefficient (Wildman–Crippen LogP) is 2.38. The van der Waals surface area contributed by atoms with Gasteiger partial charge in [0.15, 0.2) is 0 Å². The first-order valence-corrected chi connectivity index (χ1v) is 7.02. The number of aromatic nitrogens is 2. The van der Waals surface area contributed by atoms with Crippen molar-refractivity contribution in [3.63, 3.8) is 0 Å². The molecule has 2 heterocycles. The fourth-order valence-electron chi connectivity index (χ4n) is 2.50. The number of nitrogens with zero attached hydrogens (tertiary/aromatic N) is 3. The zero-order valence-electron chi connectivity index (χ0n) is 13.0. The van der Waals surface area contributed by atoms with E-state index in [4.69, 9.17) is 4.42 Å². The van der Waals surface area contributed by atoms with Crippen molar-refractivity contribution in [1.82, 2.24) is 15.1 Å². The lowest BCUT2D eigenvalue weighted by Crippen LogP contribution is -2.22. The highest BCUT2D eigenvalue weighted by molar-refractivity contribution is 5.49. The molecule has 0 spiro atoms. The molecule has 0 unspecified atom stereocenters. The average Bonchev–Trinajstić information content (AvgIpc) is 2.90. The minimum absolute atomic E-state index is 0.742. The van der Waals surface area contributed by atoms with Crippen LogP contribution in [0.2, 0.25) is 0 Å². The maximum Gasteiger partial charge on any atom is 0.131 e. The minimum Gasteiger partial charge on any atom is -0.464 e. The van der Waals surface area contributed by atoms with E-state index in [1.165, 1.54) is 5.56 Å². The smallest absolute Gasteiger partial charge is 0.131 e. The molecule has 2 aromatic heterocycles. The van der Waals surface area contributed by atoms with Gasteiger partial charge >= 0.3 is 0 Å². The van der Waals surface area contributed by atoms with E-state index in [9.17, 15) is 0 Å². The first-order chi connectivity index (χ1) is 9.52. The Labute approximate surface area is 120 Å². The monoisotopic (exact) mass is 276 g/mol. The van der Waals surface area contributed by atoms with Gasteiger partial charge in [0.05, 0.1) is 12.2 Å². The van der Waals surface area contributed by atoms with Gasteiger partial charge in [-0.05, 0) is 32.5 Å². The van der Waals surface area contributed by atoms with Crippen LogP contribution in [0.15, 0.2) is 16.5 Å². The third-order valence-electron chi connectivity index (χ3n) is 3.42. The molecular formula is C15H24N4O. The lowest BCUT2D eigenvalue weighted by molar-refractivity contribution is 0.480. The summed E-state index contributed by atoms with van der Waals surface area (Å²) in [6.45, 7) is 8.67. The summed E-state index contributed by atoms with van der Waals surface area (Å²) in [4.78, 5) is 2.19. The van der Waals surface area contributed by atoms with E-state index in [0.717, 1.165) is 42.7 Å². The van der Waals surface area contributed by atoms with Crippen LogP contribution >= 0.6 is 0 Å². The fraction of sp³-hybridized carbons (Fsp3) is 0.533. The van der Waals surface area contributed by atoms with Gasteiger partial charge in [0.1, 0.15) is 17.3 Å². The summed E-state index contributed by atoms with van der Waals surface area (Å²) in [7, 11) is 4.06. The standard InChI is InChI=1S/C15H24N4O/c1-6-16-9-14-12(3)17-19(5)15(14)18(4)10-13-8-7-11(2)20-13/h7-8,16H,6,9-10H2,1-5H3. The quantitative estimate of drug-likeness (QED) is 0.880. The first-order valence-electron chi connectivity index (χ1n) is 7.02. The summed E-state index contributed by atoms with van der Waals surface area (Å²) in [6.07, 6.45) is 0. The van der Waals surface area contributed by atoms with E-state index in [1.54, 1.807) is 0 Å². The molecule has 0 fully saturated rings. The molecule has 0 aliphatic carbocycles. The van der Waals surface area contributed by atoms with Crippen molar-refractivity contribution in [3.05, 3.63) is 34.9 Å². The SMILES string of the molecule is CCNCc1c(C)nn(C)c1N(C)Cc1ccc(C)o1. The van der Waals surface area contributed by atoms with E-state index in [2.05, 4.69) is 36.2 Å². The van der Waals surface area contributed by atoms with Crippen molar-refractivity contribution in [1.29, 1.82) is 0 Å². The maximum atomic E-state index is 5.66. The largest absolute Gasteiger partial charge is 0.464 e. The van der Waals surface area contributed by atoms with Crippen LogP contribution in [0.25, 0.3) is 0 Å². The molecule has 0 atom stereocenters. The third kappa shape index (κ3) is 3.04. The molecule has 0 aliphatic rings. The second-order valence-corrected chi connectivity index (χ2v) is 5.16. The molecule has 20 heavy (non-hydrogen) atoms. The molecule has 0 aliphatic heterocycles. The van der Waals surface area contributed by atoms with Gasteiger partial charge in [0.2, 0.25) is 0 Å². The lowest BCUT2D eigenvalue weighted by atomic mass is 10.2. The lowest BCUT2D eigenvalue weighted by Gasteiger charge is -2.20. The van der Waals surface area contributed by atoms with Crippen LogP contribution in [0.4, 0.5) is 5.82 Å². The molecule has 2 rings (SSSR count). The molecule has 0 saturated heterocycles. The van der Waals surface area contributed by atoms with E-state index in [0.29, 0.717) is 0 Å². The van der Waals surface area contributed by atoms with E-state index in [1.807, 2.05) is 30.8 Å². The summed E-state index contributed by atoms with van der Waals surface area (Å²) in [5, 5.41) is 7.91. The number of hydrogen-bond donors (Lipinski definition) is 1. The third-order valence-corrected chi connectivity index (χ3v) is 3.42. The minimum atomic E-state index is 0.742. The van der Waals surface area contributed by atoms with E-state index < -0.39 is 0 Å². The zero-order valence-corrected chi connectivity index (χ0v) is 13.0. The Hall–Kier alpha value is -1.75. The molecule has 0 bridgehead atoms. The van der Waals surface area contributed by atoms with Crippen molar-refractivity contribution >= 4 is 5.82 Å². The molecule has 110 valence electrons. The Bertz CT molecular complexity index is 570. The topological polar surface area (TPSA) is 46.2 Å². The summed E-state index contributed by atoms with van der Waals surface area (Å²) >= 11 is 0. The average molecular weight is 276 g/mol. The number of anilines is 1. The molecule has 0 amide bonds. The van der Waals surface area contributed by atoms with Gasteiger partial charge in [-0.3, -0.25) is 4.68 Å². The highest BCUT2D eigenvalue weighted by Crippen LogP contribution is 2.24. The van der Waals surface area contributed by atoms with Crippen molar-refractivity contribution in [3.8, 4) is 0 Å². The van der Waals surface area contributed by atoms with Gasteiger partial charge in [-0.1, -0.05) is 6.92 Å². The summed E-state index contributed by atoms with van der Waals surface area (Å²) < 4.78 is 7.60. The van der Waals surface area contributed by atoms with Crippen molar-refractivity contribution in [2.45, 2.75) is 33.9 Å². The van der Waals surface area contributed by atoms with Crippen LogP contribution in [0, 0.1) is 13.8 Å². The van der Waals surface area contributed by atoms with Crippen LogP contribution in [-0.2, 0) is 20.1 Å². The summed E-state index contributed by atoms with van der Waals surface area (Å²) in [5.74, 6) is 3.05. The Morgan fingerprint density at radius 3 is 2.70 bits per heavy atom. The Kier molecular flexibility index (Phi) is 4.49. The van der Waals surface area contributed by atoms with Gasteiger partial charge in [-0.2, -0.15) is 5.10 Å². The normalized spacial score (nSPS) is 11.1. The maximum absolute atomic E-state index is 5.66. The van der Waals surface area contributed by atoms with Crippen LogP contribution in [0.5, 0.6) is 0 Å². The van der Waals surface area contributed by atoms with Gasteiger partial charge in [-0.15, -0.1) is 0 Å². The molecule has 5 nitrogen and oxygen atoms in total. The van der Waals surface area contributed by atoms with Crippen LogP contribution in [-0.4, -0.2) is 23.4 Å². The second kappa shape index (κ2) is 6.13. The molecule has 5 heteroatoms. The van der Waals surface area contributed by atoms with Crippen LogP contribution < -0.4 is 10.2 Å². The Morgan fingerprint density at radius 2 is 2.10 bits per heavy atom. The number of furan rings is 1.